The van der Waals surface area contributed by atoms with Gasteiger partial charge in [0.2, 0.25) is 0 Å². The van der Waals surface area contributed by atoms with Crippen LogP contribution >= 0.6 is 0 Å². The van der Waals surface area contributed by atoms with Crippen LogP contribution in [-0.2, 0) is 17.5 Å². The summed E-state index contributed by atoms with van der Waals surface area (Å²) in [5.41, 5.74) is 0.990. The minimum atomic E-state index is -1.75. The lowest BCUT2D eigenvalue weighted by atomic mass is 10.4. The number of rotatable bonds is 3. The molecule has 4 nitrogen and oxygen atoms in total. The van der Waals surface area contributed by atoms with E-state index in [1.807, 2.05) is 6.92 Å². The minimum absolute atomic E-state index is 0.197. The molecule has 0 spiro atoms. The predicted octanol–water partition coefficient (Wildman–Crippen LogP) is 0.549. The highest BCUT2D eigenvalue weighted by Gasteiger charge is 1.98. The van der Waals surface area contributed by atoms with E-state index < -0.39 is 11.1 Å². The molecule has 1 aromatic heterocycles. The molecule has 0 aliphatic carbocycles. The van der Waals surface area contributed by atoms with Gasteiger partial charge in [-0.15, -0.1) is 0 Å². The van der Waals surface area contributed by atoms with Crippen LogP contribution in [0.1, 0.15) is 11.4 Å². The average molecular weight is 186 g/mol. The topological polar surface area (TPSA) is 63.1 Å². The molecule has 1 N–H and O–H groups in total. The van der Waals surface area contributed by atoms with Crippen molar-refractivity contribution in [2.75, 3.05) is 5.75 Å². The van der Waals surface area contributed by atoms with Crippen LogP contribution in [0.25, 0.3) is 0 Å². The summed E-state index contributed by atoms with van der Waals surface area (Å²) in [4.78, 5) is 7.99. The molecule has 66 valence electrons. The maximum Gasteiger partial charge on any atom is 0.153 e. The first-order chi connectivity index (χ1) is 5.68. The fourth-order valence-corrected chi connectivity index (χ4v) is 1.08. The second kappa shape index (κ2) is 4.27. The van der Waals surface area contributed by atoms with E-state index in [9.17, 15) is 4.21 Å². The second-order valence-electron chi connectivity index (χ2n) is 2.45. The predicted molar refractivity (Wildman–Crippen MR) is 46.1 cm³/mol. The van der Waals surface area contributed by atoms with Gasteiger partial charge >= 0.3 is 0 Å². The van der Waals surface area contributed by atoms with Crippen LogP contribution in [0.5, 0.6) is 0 Å². The Balaban J connectivity index is 2.53. The molecule has 0 bridgehead atoms. The molecule has 1 rings (SSSR count). The quantitative estimate of drug-likeness (QED) is 0.700. The van der Waals surface area contributed by atoms with Gasteiger partial charge in [0.05, 0.1) is 5.75 Å². The molecule has 1 unspecified atom stereocenters. The van der Waals surface area contributed by atoms with E-state index in [0.717, 1.165) is 5.56 Å². The third kappa shape index (κ3) is 3.06. The average Bonchev–Trinajstić information content (AvgIpc) is 2.03. The lowest BCUT2D eigenvalue weighted by molar-refractivity contribution is 0.563. The number of aryl methyl sites for hydroxylation is 2. The number of nitrogens with zero attached hydrogens (tertiary/aromatic N) is 2. The van der Waals surface area contributed by atoms with Gasteiger partial charge < -0.3 is 4.55 Å². The fourth-order valence-electron chi connectivity index (χ4n) is 0.727. The summed E-state index contributed by atoms with van der Waals surface area (Å²) in [6.07, 6.45) is 3.84. The third-order valence-corrected chi connectivity index (χ3v) is 1.89. The van der Waals surface area contributed by atoms with Crippen LogP contribution in [0.3, 0.4) is 0 Å². The van der Waals surface area contributed by atoms with Crippen LogP contribution in [-0.4, -0.2) is 24.5 Å². The van der Waals surface area contributed by atoms with Crippen molar-refractivity contribution in [2.45, 2.75) is 13.3 Å². The molecule has 5 heteroatoms. The molecule has 0 radical (unpaired) electrons. The van der Waals surface area contributed by atoms with Crippen molar-refractivity contribution in [3.8, 4) is 0 Å². The lowest BCUT2D eigenvalue weighted by Crippen LogP contribution is -2.03. The first-order valence-corrected chi connectivity index (χ1v) is 4.81. The smallest absolute Gasteiger partial charge is 0.153 e. The maximum atomic E-state index is 10.3. The number of hydrogen-bond acceptors (Lipinski definition) is 3. The Morgan fingerprint density at radius 2 is 2.08 bits per heavy atom. The normalized spacial score (nSPS) is 12.8. The van der Waals surface area contributed by atoms with Crippen molar-refractivity contribution in [1.82, 2.24) is 9.97 Å². The van der Waals surface area contributed by atoms with Crippen LogP contribution in [0.4, 0.5) is 0 Å². The van der Waals surface area contributed by atoms with E-state index in [0.29, 0.717) is 12.2 Å². The van der Waals surface area contributed by atoms with Gasteiger partial charge in [-0.1, -0.05) is 0 Å². The van der Waals surface area contributed by atoms with E-state index in [4.69, 9.17) is 4.55 Å². The highest BCUT2D eigenvalue weighted by atomic mass is 32.2. The molecule has 0 fully saturated rings. The molecular formula is C7H10N2O2S. The van der Waals surface area contributed by atoms with E-state index in [1.165, 1.54) is 0 Å². The Labute approximate surface area is 73.3 Å². The minimum Gasteiger partial charge on any atom is -0.306 e. The van der Waals surface area contributed by atoms with Crippen molar-refractivity contribution >= 4 is 11.1 Å². The van der Waals surface area contributed by atoms with Crippen molar-refractivity contribution in [1.29, 1.82) is 0 Å². The fraction of sp³-hybridized carbons (Fsp3) is 0.429. The van der Waals surface area contributed by atoms with Crippen molar-refractivity contribution in [3.63, 3.8) is 0 Å². The summed E-state index contributed by atoms with van der Waals surface area (Å²) in [5, 5.41) is 0. The van der Waals surface area contributed by atoms with Gasteiger partial charge in [0.1, 0.15) is 5.82 Å². The number of aromatic nitrogens is 2. The van der Waals surface area contributed by atoms with Gasteiger partial charge in [0.15, 0.2) is 11.1 Å². The first-order valence-electron chi connectivity index (χ1n) is 3.53. The van der Waals surface area contributed by atoms with Crippen LogP contribution in [0.15, 0.2) is 12.4 Å². The molecule has 1 aromatic rings. The van der Waals surface area contributed by atoms with E-state index in [2.05, 4.69) is 9.97 Å². The summed E-state index contributed by atoms with van der Waals surface area (Å²) in [5.74, 6) is 0.811. The monoisotopic (exact) mass is 186 g/mol. The van der Waals surface area contributed by atoms with E-state index in [-0.39, 0.29) is 5.75 Å². The SMILES string of the molecule is Cc1cnc(CCS(=O)O)nc1. The van der Waals surface area contributed by atoms with Gasteiger partial charge in [0, 0.05) is 18.8 Å². The van der Waals surface area contributed by atoms with Gasteiger partial charge in [-0.25, -0.2) is 14.2 Å². The summed E-state index contributed by atoms with van der Waals surface area (Å²) in [7, 11) is 0. The lowest BCUT2D eigenvalue weighted by Gasteiger charge is -1.96. The second-order valence-corrected chi connectivity index (χ2v) is 3.50. The zero-order chi connectivity index (χ0) is 8.97. The molecule has 0 amide bonds. The maximum absolute atomic E-state index is 10.3. The van der Waals surface area contributed by atoms with Crippen LogP contribution in [0, 0.1) is 6.92 Å². The van der Waals surface area contributed by atoms with Crippen LogP contribution in [0.2, 0.25) is 0 Å². The Hall–Kier alpha value is -0.810. The summed E-state index contributed by atoms with van der Waals surface area (Å²) >= 11 is -1.75. The van der Waals surface area contributed by atoms with Gasteiger partial charge in [-0.05, 0) is 12.5 Å². The third-order valence-electron chi connectivity index (χ3n) is 1.33. The first kappa shape index (κ1) is 9.28. The van der Waals surface area contributed by atoms with Gasteiger partial charge in [-0.3, -0.25) is 0 Å². The molecule has 0 saturated heterocycles. The van der Waals surface area contributed by atoms with Crippen molar-refractivity contribution in [3.05, 3.63) is 23.8 Å². The highest BCUT2D eigenvalue weighted by Crippen LogP contribution is 1.94. The standard InChI is InChI=1S/C7H10N2O2S/c1-6-4-8-7(9-5-6)2-3-12(10)11/h4-5H,2-3H2,1H3,(H,10,11). The Morgan fingerprint density at radius 1 is 1.50 bits per heavy atom. The summed E-state index contributed by atoms with van der Waals surface area (Å²) in [6, 6.07) is 0. The van der Waals surface area contributed by atoms with Gasteiger partial charge in [0.25, 0.3) is 0 Å². The van der Waals surface area contributed by atoms with Crippen LogP contribution < -0.4 is 0 Å². The Morgan fingerprint density at radius 3 is 2.58 bits per heavy atom. The van der Waals surface area contributed by atoms with Crippen molar-refractivity contribution < 1.29 is 8.76 Å². The molecule has 0 aliphatic rings. The Kier molecular flexibility index (Phi) is 3.31. The number of hydrogen-bond donors (Lipinski definition) is 1. The zero-order valence-corrected chi connectivity index (χ0v) is 7.54. The van der Waals surface area contributed by atoms with E-state index in [1.54, 1.807) is 12.4 Å². The highest BCUT2D eigenvalue weighted by molar-refractivity contribution is 7.79. The molecule has 1 heterocycles. The Bertz CT molecular complexity index is 273. The van der Waals surface area contributed by atoms with Crippen molar-refractivity contribution in [2.24, 2.45) is 0 Å². The molecule has 12 heavy (non-hydrogen) atoms. The molecule has 0 aliphatic heterocycles. The summed E-state index contributed by atoms with van der Waals surface area (Å²) in [6.45, 7) is 1.90. The summed E-state index contributed by atoms with van der Waals surface area (Å²) < 4.78 is 18.8. The van der Waals surface area contributed by atoms with E-state index >= 15 is 0 Å². The van der Waals surface area contributed by atoms with Gasteiger partial charge in [-0.2, -0.15) is 0 Å². The largest absolute Gasteiger partial charge is 0.306 e. The molecule has 0 saturated carbocycles. The molecule has 0 aromatic carbocycles. The molecular weight excluding hydrogens is 176 g/mol. The molecule has 1 atom stereocenters. The zero-order valence-electron chi connectivity index (χ0n) is 6.73.